The molecule has 0 atom stereocenters. The molecule has 0 heterocycles. The topological polar surface area (TPSA) is 18.5 Å². The highest BCUT2D eigenvalue weighted by molar-refractivity contribution is 5.85. The molecule has 0 N–H and O–H groups in total. The molecule has 0 aliphatic rings. The summed E-state index contributed by atoms with van der Waals surface area (Å²) in [4.78, 5) is 0. The van der Waals surface area contributed by atoms with Gasteiger partial charge in [0.1, 0.15) is 11.5 Å². The summed E-state index contributed by atoms with van der Waals surface area (Å²) in [5.74, 6) is 14.5. The number of methoxy groups -OCH3 is 2. The van der Waals surface area contributed by atoms with Crippen LogP contribution >= 0.6 is 0 Å². The molecule has 0 saturated carbocycles. The zero-order chi connectivity index (χ0) is 20.8. The monoisotopic (exact) mass is 388 g/mol. The van der Waals surface area contributed by atoms with Crippen LogP contribution in [0.2, 0.25) is 0 Å². The van der Waals surface area contributed by atoms with Crippen LogP contribution < -0.4 is 9.47 Å². The van der Waals surface area contributed by atoms with Gasteiger partial charge in [-0.2, -0.15) is 0 Å². The van der Waals surface area contributed by atoms with E-state index in [1.54, 1.807) is 14.2 Å². The van der Waals surface area contributed by atoms with E-state index in [1.165, 1.54) is 0 Å². The summed E-state index contributed by atoms with van der Waals surface area (Å²) in [5.41, 5.74) is 3.88. The van der Waals surface area contributed by atoms with Crippen molar-refractivity contribution in [2.75, 3.05) is 14.2 Å². The van der Waals surface area contributed by atoms with Gasteiger partial charge >= 0.3 is 0 Å². The number of ether oxygens (including phenoxy) is 2. The second-order valence-corrected chi connectivity index (χ2v) is 6.73. The molecule has 0 spiro atoms. The first kappa shape index (κ1) is 19.2. The first-order chi connectivity index (χ1) is 14.7. The largest absolute Gasteiger partial charge is 0.497 e. The van der Waals surface area contributed by atoms with Crippen molar-refractivity contribution < 1.29 is 9.47 Å². The molecule has 30 heavy (non-hydrogen) atoms. The van der Waals surface area contributed by atoms with E-state index in [-0.39, 0.29) is 0 Å². The predicted octanol–water partition coefficient (Wildman–Crippen LogP) is 5.66. The van der Waals surface area contributed by atoms with Gasteiger partial charge in [0.25, 0.3) is 0 Å². The molecule has 0 fully saturated rings. The van der Waals surface area contributed by atoms with E-state index < -0.39 is 0 Å². The van der Waals surface area contributed by atoms with Gasteiger partial charge in [0, 0.05) is 22.3 Å². The van der Waals surface area contributed by atoms with Crippen LogP contribution in [0.4, 0.5) is 0 Å². The fourth-order valence-electron chi connectivity index (χ4n) is 3.04. The Balaban J connectivity index is 1.54. The molecule has 0 aliphatic carbocycles. The van der Waals surface area contributed by atoms with Gasteiger partial charge in [-0.05, 0) is 83.6 Å². The normalized spacial score (nSPS) is 9.80. The summed E-state index contributed by atoms with van der Waals surface area (Å²) in [5, 5.41) is 2.29. The molecular formula is C28H20O2. The van der Waals surface area contributed by atoms with E-state index in [0.29, 0.717) is 0 Å². The highest BCUT2D eigenvalue weighted by Gasteiger charge is 1.97. The minimum atomic E-state index is 0.831. The average molecular weight is 388 g/mol. The molecule has 2 heteroatoms. The Hall–Kier alpha value is -4.14. The van der Waals surface area contributed by atoms with E-state index >= 15 is 0 Å². The number of fused-ring (bicyclic) bond motifs is 1. The van der Waals surface area contributed by atoms with Crippen molar-refractivity contribution in [3.8, 4) is 35.2 Å². The van der Waals surface area contributed by atoms with Crippen LogP contribution in [0.1, 0.15) is 22.3 Å². The lowest BCUT2D eigenvalue weighted by atomic mass is 10.0. The number of hydrogen-bond donors (Lipinski definition) is 0. The maximum absolute atomic E-state index is 5.18. The van der Waals surface area contributed by atoms with Gasteiger partial charge in [-0.3, -0.25) is 0 Å². The quantitative estimate of drug-likeness (QED) is 0.413. The predicted molar refractivity (Wildman–Crippen MR) is 122 cm³/mol. The van der Waals surface area contributed by atoms with E-state index in [4.69, 9.17) is 9.47 Å². The number of hydrogen-bond acceptors (Lipinski definition) is 2. The molecule has 0 aromatic heterocycles. The summed E-state index contributed by atoms with van der Waals surface area (Å²) in [6, 6.07) is 28.0. The molecule has 0 saturated heterocycles. The highest BCUT2D eigenvalue weighted by atomic mass is 16.5. The van der Waals surface area contributed by atoms with Gasteiger partial charge in [0.05, 0.1) is 14.2 Å². The Labute approximate surface area is 177 Å². The minimum absolute atomic E-state index is 0.831. The number of rotatable bonds is 2. The lowest BCUT2D eigenvalue weighted by Gasteiger charge is -2.00. The molecule has 0 radical (unpaired) electrons. The van der Waals surface area contributed by atoms with Crippen LogP contribution in [-0.4, -0.2) is 14.2 Å². The van der Waals surface area contributed by atoms with Gasteiger partial charge in [0.15, 0.2) is 0 Å². The minimum Gasteiger partial charge on any atom is -0.497 e. The molecular weight excluding hydrogens is 368 g/mol. The van der Waals surface area contributed by atoms with Gasteiger partial charge in [0.2, 0.25) is 0 Å². The molecule has 0 amide bonds. The Morgan fingerprint density at radius 2 is 0.767 bits per heavy atom. The summed E-state index contributed by atoms with van der Waals surface area (Å²) in [6.07, 6.45) is 0. The maximum atomic E-state index is 5.18. The second kappa shape index (κ2) is 8.91. The third-order valence-corrected chi connectivity index (χ3v) is 4.72. The van der Waals surface area contributed by atoms with Gasteiger partial charge in [-0.1, -0.05) is 35.8 Å². The van der Waals surface area contributed by atoms with E-state index in [0.717, 1.165) is 44.5 Å². The van der Waals surface area contributed by atoms with Crippen LogP contribution in [0.25, 0.3) is 10.8 Å². The standard InChI is InChI=1S/C28H20O2/c1-29-27-15-9-21(10-16-27)3-5-23-7-13-26-20-24(8-14-25(26)19-23)6-4-22-11-17-28(30-2)18-12-22/h7-20H,1-2H3. The highest BCUT2D eigenvalue weighted by Crippen LogP contribution is 2.18. The molecule has 4 aromatic carbocycles. The number of benzene rings is 4. The Kier molecular flexibility index (Phi) is 5.70. The molecule has 0 unspecified atom stereocenters. The maximum Gasteiger partial charge on any atom is 0.118 e. The van der Waals surface area contributed by atoms with Crippen molar-refractivity contribution in [3.05, 3.63) is 107 Å². The van der Waals surface area contributed by atoms with Gasteiger partial charge in [-0.15, -0.1) is 0 Å². The van der Waals surface area contributed by atoms with Gasteiger partial charge in [-0.25, -0.2) is 0 Å². The SMILES string of the molecule is COc1ccc(C#Cc2ccc3cc(C#Cc4ccc(OC)cc4)ccc3c2)cc1. The van der Waals surface area contributed by atoms with Crippen LogP contribution in [0.5, 0.6) is 11.5 Å². The van der Waals surface area contributed by atoms with E-state index in [9.17, 15) is 0 Å². The molecule has 0 bridgehead atoms. The molecule has 2 nitrogen and oxygen atoms in total. The van der Waals surface area contributed by atoms with Crippen LogP contribution in [0, 0.1) is 23.7 Å². The third kappa shape index (κ3) is 4.64. The Morgan fingerprint density at radius 3 is 1.13 bits per heavy atom. The van der Waals surface area contributed by atoms with E-state index in [2.05, 4.69) is 47.9 Å². The Bertz CT molecular complexity index is 1190. The zero-order valence-electron chi connectivity index (χ0n) is 16.9. The zero-order valence-corrected chi connectivity index (χ0v) is 16.9. The molecule has 144 valence electrons. The fourth-order valence-corrected chi connectivity index (χ4v) is 3.04. The van der Waals surface area contributed by atoms with Crippen molar-refractivity contribution >= 4 is 10.8 Å². The van der Waals surface area contributed by atoms with E-state index in [1.807, 2.05) is 60.7 Å². The van der Waals surface area contributed by atoms with Crippen molar-refractivity contribution in [3.63, 3.8) is 0 Å². The van der Waals surface area contributed by atoms with Crippen LogP contribution in [0.3, 0.4) is 0 Å². The molecule has 4 rings (SSSR count). The van der Waals surface area contributed by atoms with Crippen LogP contribution in [0.15, 0.2) is 84.9 Å². The first-order valence-electron chi connectivity index (χ1n) is 9.59. The van der Waals surface area contributed by atoms with Crippen molar-refractivity contribution in [2.24, 2.45) is 0 Å². The summed E-state index contributed by atoms with van der Waals surface area (Å²) < 4.78 is 10.4. The fraction of sp³-hybridized carbons (Fsp3) is 0.0714. The van der Waals surface area contributed by atoms with Crippen LogP contribution in [-0.2, 0) is 0 Å². The summed E-state index contributed by atoms with van der Waals surface area (Å²) in [7, 11) is 3.32. The molecule has 4 aromatic rings. The first-order valence-corrected chi connectivity index (χ1v) is 9.59. The van der Waals surface area contributed by atoms with Crippen molar-refractivity contribution in [1.82, 2.24) is 0 Å². The lowest BCUT2D eigenvalue weighted by molar-refractivity contribution is 0.414. The average Bonchev–Trinajstić information content (AvgIpc) is 2.82. The van der Waals surface area contributed by atoms with Crippen molar-refractivity contribution in [1.29, 1.82) is 0 Å². The summed E-state index contributed by atoms with van der Waals surface area (Å²) in [6.45, 7) is 0. The Morgan fingerprint density at radius 1 is 0.433 bits per heavy atom. The van der Waals surface area contributed by atoms with Crippen molar-refractivity contribution in [2.45, 2.75) is 0 Å². The second-order valence-electron chi connectivity index (χ2n) is 6.73. The smallest absolute Gasteiger partial charge is 0.118 e. The lowest BCUT2D eigenvalue weighted by Crippen LogP contribution is -1.83. The molecule has 0 aliphatic heterocycles. The summed E-state index contributed by atoms with van der Waals surface area (Å²) >= 11 is 0. The van der Waals surface area contributed by atoms with Gasteiger partial charge < -0.3 is 9.47 Å². The third-order valence-electron chi connectivity index (χ3n) is 4.72.